The van der Waals surface area contributed by atoms with Gasteiger partial charge in [0, 0.05) is 25.6 Å². The summed E-state index contributed by atoms with van der Waals surface area (Å²) in [5.74, 6) is 2.98. The number of hydrogen-bond acceptors (Lipinski definition) is 5. The summed E-state index contributed by atoms with van der Waals surface area (Å²) in [6.45, 7) is 5.74. The zero-order valence-electron chi connectivity index (χ0n) is 13.5. The number of thiophene rings is 1. The fourth-order valence-electron chi connectivity index (χ4n) is 4.11. The van der Waals surface area contributed by atoms with Crippen LogP contribution in [-0.2, 0) is 6.42 Å². The Balaban J connectivity index is 1.75. The van der Waals surface area contributed by atoms with Gasteiger partial charge in [0.25, 0.3) is 0 Å². The van der Waals surface area contributed by atoms with E-state index < -0.39 is 0 Å². The first-order chi connectivity index (χ1) is 10.8. The van der Waals surface area contributed by atoms with Crippen LogP contribution in [0.15, 0.2) is 11.4 Å². The minimum absolute atomic E-state index is 0.660. The number of nitrogens with zero attached hydrogens (tertiary/aromatic N) is 4. The average molecular weight is 316 g/mol. The van der Waals surface area contributed by atoms with Crippen LogP contribution in [0.2, 0.25) is 0 Å². The summed E-state index contributed by atoms with van der Waals surface area (Å²) in [4.78, 5) is 15.9. The number of rotatable bonds is 2. The Morgan fingerprint density at radius 2 is 2.18 bits per heavy atom. The molecule has 0 spiro atoms. The highest BCUT2D eigenvalue weighted by molar-refractivity contribution is 7.16. The van der Waals surface area contributed by atoms with Crippen molar-refractivity contribution in [1.29, 1.82) is 0 Å². The number of anilines is 1. The molecule has 4 rings (SSSR count). The van der Waals surface area contributed by atoms with E-state index in [0.717, 1.165) is 29.5 Å². The number of piperidine rings is 2. The molecule has 0 aromatic carbocycles. The summed E-state index contributed by atoms with van der Waals surface area (Å²) < 4.78 is 0. The van der Waals surface area contributed by atoms with Crippen molar-refractivity contribution in [2.45, 2.75) is 38.6 Å². The standard InChI is InChI=1S/C17H24N4S/c1-3-15-18-16(13-7-10-22-17(13)19-15)21-8-4-5-12-11-20(2)9-6-14(12)21/h7,10,12,14H,3-6,8-9,11H2,1-2H3. The lowest BCUT2D eigenvalue weighted by Gasteiger charge is -2.47. The molecule has 2 aromatic heterocycles. The van der Waals surface area contributed by atoms with E-state index in [1.807, 2.05) is 0 Å². The predicted molar refractivity (Wildman–Crippen MR) is 92.8 cm³/mol. The zero-order valence-corrected chi connectivity index (χ0v) is 14.3. The third-order valence-corrected chi connectivity index (χ3v) is 6.02. The molecule has 0 aliphatic carbocycles. The minimum atomic E-state index is 0.660. The molecule has 0 radical (unpaired) electrons. The molecule has 2 aliphatic rings. The first-order valence-electron chi connectivity index (χ1n) is 8.45. The lowest BCUT2D eigenvalue weighted by molar-refractivity contribution is 0.154. The van der Waals surface area contributed by atoms with E-state index in [1.165, 1.54) is 43.6 Å². The second-order valence-electron chi connectivity index (χ2n) is 6.67. The topological polar surface area (TPSA) is 32.3 Å². The molecule has 0 amide bonds. The number of aryl methyl sites for hydroxylation is 1. The van der Waals surface area contributed by atoms with Crippen LogP contribution >= 0.6 is 11.3 Å². The maximum absolute atomic E-state index is 4.93. The van der Waals surface area contributed by atoms with Gasteiger partial charge in [-0.1, -0.05) is 6.92 Å². The van der Waals surface area contributed by atoms with E-state index in [9.17, 15) is 0 Å². The molecule has 4 nitrogen and oxygen atoms in total. The molecular weight excluding hydrogens is 292 g/mol. The second-order valence-corrected chi connectivity index (χ2v) is 7.56. The molecule has 4 heterocycles. The van der Waals surface area contributed by atoms with Gasteiger partial charge in [0.15, 0.2) is 0 Å². The summed E-state index contributed by atoms with van der Waals surface area (Å²) in [7, 11) is 2.26. The van der Waals surface area contributed by atoms with Gasteiger partial charge in [-0.05, 0) is 50.2 Å². The Hall–Kier alpha value is -1.20. The Labute approximate surface area is 136 Å². The van der Waals surface area contributed by atoms with Crippen LogP contribution < -0.4 is 4.90 Å². The molecule has 0 bridgehead atoms. The van der Waals surface area contributed by atoms with Gasteiger partial charge in [-0.3, -0.25) is 0 Å². The van der Waals surface area contributed by atoms with Crippen LogP contribution in [0.3, 0.4) is 0 Å². The van der Waals surface area contributed by atoms with Crippen molar-refractivity contribution in [3.8, 4) is 0 Å². The maximum Gasteiger partial charge on any atom is 0.141 e. The number of fused-ring (bicyclic) bond motifs is 2. The average Bonchev–Trinajstić information content (AvgIpc) is 3.01. The zero-order chi connectivity index (χ0) is 15.1. The second kappa shape index (κ2) is 5.78. The summed E-state index contributed by atoms with van der Waals surface area (Å²) in [6.07, 6.45) is 4.82. The van der Waals surface area contributed by atoms with Gasteiger partial charge in [0.1, 0.15) is 16.5 Å². The Kier molecular flexibility index (Phi) is 3.78. The molecule has 2 fully saturated rings. The van der Waals surface area contributed by atoms with Crippen molar-refractivity contribution < 1.29 is 0 Å². The van der Waals surface area contributed by atoms with Crippen LogP contribution in [-0.4, -0.2) is 47.6 Å². The highest BCUT2D eigenvalue weighted by Crippen LogP contribution is 2.36. The summed E-state index contributed by atoms with van der Waals surface area (Å²) in [5, 5.41) is 3.40. The SMILES string of the molecule is CCc1nc(N2CCCC3CN(C)CCC32)c2ccsc2n1. The Bertz CT molecular complexity index is 668. The van der Waals surface area contributed by atoms with E-state index >= 15 is 0 Å². The molecule has 0 N–H and O–H groups in total. The molecule has 0 saturated carbocycles. The first-order valence-corrected chi connectivity index (χ1v) is 9.33. The molecule has 5 heteroatoms. The van der Waals surface area contributed by atoms with Crippen molar-refractivity contribution >= 4 is 27.4 Å². The number of aromatic nitrogens is 2. The molecule has 2 atom stereocenters. The fourth-order valence-corrected chi connectivity index (χ4v) is 4.89. The summed E-state index contributed by atoms with van der Waals surface area (Å²) in [5.41, 5.74) is 0. The van der Waals surface area contributed by atoms with Gasteiger partial charge in [-0.25, -0.2) is 9.97 Å². The third-order valence-electron chi connectivity index (χ3n) is 5.21. The summed E-state index contributed by atoms with van der Waals surface area (Å²) >= 11 is 1.74. The van der Waals surface area contributed by atoms with Crippen molar-refractivity contribution in [3.05, 3.63) is 17.3 Å². The quantitative estimate of drug-likeness (QED) is 0.852. The normalized spacial score (nSPS) is 26.4. The van der Waals surface area contributed by atoms with Crippen molar-refractivity contribution in [1.82, 2.24) is 14.9 Å². The minimum Gasteiger partial charge on any atom is -0.353 e. The van der Waals surface area contributed by atoms with E-state index in [4.69, 9.17) is 9.97 Å². The molecule has 2 unspecified atom stereocenters. The largest absolute Gasteiger partial charge is 0.353 e. The Morgan fingerprint density at radius 1 is 1.27 bits per heavy atom. The highest BCUT2D eigenvalue weighted by atomic mass is 32.1. The molecular formula is C17H24N4S. The van der Waals surface area contributed by atoms with Crippen molar-refractivity contribution in [2.75, 3.05) is 31.6 Å². The van der Waals surface area contributed by atoms with Crippen LogP contribution in [0.4, 0.5) is 5.82 Å². The monoisotopic (exact) mass is 316 g/mol. The van der Waals surface area contributed by atoms with E-state index in [2.05, 4.69) is 35.2 Å². The number of likely N-dealkylation sites (tertiary alicyclic amines) is 1. The van der Waals surface area contributed by atoms with Gasteiger partial charge >= 0.3 is 0 Å². The predicted octanol–water partition coefficient (Wildman–Crippen LogP) is 3.17. The van der Waals surface area contributed by atoms with Crippen LogP contribution in [0.5, 0.6) is 0 Å². The van der Waals surface area contributed by atoms with Gasteiger partial charge in [-0.15, -0.1) is 11.3 Å². The van der Waals surface area contributed by atoms with Crippen LogP contribution in [0, 0.1) is 5.92 Å². The highest BCUT2D eigenvalue weighted by Gasteiger charge is 2.36. The van der Waals surface area contributed by atoms with Crippen molar-refractivity contribution in [2.24, 2.45) is 5.92 Å². The molecule has 2 aliphatic heterocycles. The van der Waals surface area contributed by atoms with E-state index in [1.54, 1.807) is 11.3 Å². The van der Waals surface area contributed by atoms with Crippen molar-refractivity contribution in [3.63, 3.8) is 0 Å². The maximum atomic E-state index is 4.93. The lowest BCUT2D eigenvalue weighted by Crippen LogP contribution is -2.53. The van der Waals surface area contributed by atoms with Crippen LogP contribution in [0.25, 0.3) is 10.2 Å². The Morgan fingerprint density at radius 3 is 3.05 bits per heavy atom. The molecule has 2 aromatic rings. The van der Waals surface area contributed by atoms with E-state index in [-0.39, 0.29) is 0 Å². The lowest BCUT2D eigenvalue weighted by atomic mass is 9.84. The van der Waals surface area contributed by atoms with Gasteiger partial charge in [-0.2, -0.15) is 0 Å². The van der Waals surface area contributed by atoms with Gasteiger partial charge in [0.2, 0.25) is 0 Å². The number of hydrogen-bond donors (Lipinski definition) is 0. The molecule has 2 saturated heterocycles. The molecule has 22 heavy (non-hydrogen) atoms. The smallest absolute Gasteiger partial charge is 0.141 e. The summed E-state index contributed by atoms with van der Waals surface area (Å²) in [6, 6.07) is 2.86. The van der Waals surface area contributed by atoms with Gasteiger partial charge in [0.05, 0.1) is 5.39 Å². The van der Waals surface area contributed by atoms with Crippen LogP contribution in [0.1, 0.15) is 32.0 Å². The molecule has 118 valence electrons. The third kappa shape index (κ3) is 2.40. The fraction of sp³-hybridized carbons (Fsp3) is 0.647. The van der Waals surface area contributed by atoms with Gasteiger partial charge < -0.3 is 9.80 Å². The first kappa shape index (κ1) is 14.4. The van der Waals surface area contributed by atoms with E-state index in [0.29, 0.717) is 6.04 Å².